The van der Waals surface area contributed by atoms with Gasteiger partial charge in [0.05, 0.1) is 28.6 Å². The van der Waals surface area contributed by atoms with Crippen molar-refractivity contribution in [3.8, 4) is 0 Å². The summed E-state index contributed by atoms with van der Waals surface area (Å²) in [6.07, 6.45) is 8.52. The lowest BCUT2D eigenvalue weighted by Gasteiger charge is -2.32. The molecule has 2 aromatic heterocycles. The third kappa shape index (κ3) is 4.04. The average molecular weight is 411 g/mol. The second-order valence-corrected chi connectivity index (χ2v) is 8.91. The molecular weight excluding hydrogens is 384 g/mol. The number of rotatable bonds is 6. The van der Waals surface area contributed by atoms with Crippen LogP contribution in [0.25, 0.3) is 10.9 Å². The number of H-pyrrole nitrogens is 1. The van der Waals surface area contributed by atoms with Gasteiger partial charge in [-0.15, -0.1) is 0 Å². The summed E-state index contributed by atoms with van der Waals surface area (Å²) in [6, 6.07) is 6.45. The fourth-order valence-corrected chi connectivity index (χ4v) is 4.93. The van der Waals surface area contributed by atoms with Gasteiger partial charge in [-0.05, 0) is 68.6 Å². The lowest BCUT2D eigenvalue weighted by Crippen LogP contribution is -2.35. The number of hydrogen-bond donors (Lipinski definition) is 2. The number of anilines is 2. The molecule has 152 valence electrons. The molecular formula is C22H27ClN6. The topological polar surface area (TPSA) is 69.7 Å². The summed E-state index contributed by atoms with van der Waals surface area (Å²) in [6.45, 7) is 5.19. The maximum atomic E-state index is 5.89. The molecule has 0 spiro atoms. The molecule has 7 heteroatoms. The van der Waals surface area contributed by atoms with Gasteiger partial charge < -0.3 is 10.2 Å². The van der Waals surface area contributed by atoms with Crippen LogP contribution in [0.2, 0.25) is 5.02 Å². The van der Waals surface area contributed by atoms with Crippen molar-refractivity contribution >= 4 is 34.1 Å². The summed E-state index contributed by atoms with van der Waals surface area (Å²) in [5, 5.41) is 12.7. The minimum Gasteiger partial charge on any atom is -0.385 e. The van der Waals surface area contributed by atoms with Gasteiger partial charge in [-0.3, -0.25) is 5.10 Å². The lowest BCUT2D eigenvalue weighted by molar-refractivity contribution is 0.343. The molecule has 0 radical (unpaired) electrons. The van der Waals surface area contributed by atoms with E-state index in [1.54, 1.807) is 12.4 Å². The number of benzene rings is 1. The van der Waals surface area contributed by atoms with Crippen molar-refractivity contribution in [3.05, 3.63) is 41.3 Å². The van der Waals surface area contributed by atoms with E-state index in [1.807, 2.05) is 6.92 Å². The van der Waals surface area contributed by atoms with Crippen LogP contribution in [0, 0.1) is 24.7 Å². The van der Waals surface area contributed by atoms with E-state index >= 15 is 0 Å². The van der Waals surface area contributed by atoms with Crippen molar-refractivity contribution in [1.82, 2.24) is 20.2 Å². The molecule has 2 N–H and O–H groups in total. The summed E-state index contributed by atoms with van der Waals surface area (Å²) in [4.78, 5) is 11.0. The molecule has 6 nitrogen and oxygen atoms in total. The fraction of sp³-hybridized carbons (Fsp3) is 0.500. The maximum Gasteiger partial charge on any atom is 0.225 e. The van der Waals surface area contributed by atoms with Gasteiger partial charge in [0.1, 0.15) is 0 Å². The molecule has 1 aliphatic heterocycles. The van der Waals surface area contributed by atoms with Crippen molar-refractivity contribution in [1.29, 1.82) is 0 Å². The van der Waals surface area contributed by atoms with E-state index in [4.69, 9.17) is 11.6 Å². The van der Waals surface area contributed by atoms with E-state index in [0.717, 1.165) is 54.5 Å². The Morgan fingerprint density at radius 1 is 1.21 bits per heavy atom. The van der Waals surface area contributed by atoms with Crippen molar-refractivity contribution < 1.29 is 0 Å². The van der Waals surface area contributed by atoms with Crippen LogP contribution in [0.15, 0.2) is 30.6 Å². The van der Waals surface area contributed by atoms with Crippen molar-refractivity contribution in [2.75, 3.05) is 29.9 Å². The highest BCUT2D eigenvalue weighted by Crippen LogP contribution is 2.49. The van der Waals surface area contributed by atoms with E-state index in [-0.39, 0.29) is 0 Å². The van der Waals surface area contributed by atoms with Crippen molar-refractivity contribution in [2.45, 2.75) is 32.6 Å². The Hall–Kier alpha value is -2.34. The molecule has 0 bridgehead atoms. The van der Waals surface area contributed by atoms with E-state index in [2.05, 4.69) is 48.6 Å². The number of aryl methyl sites for hydroxylation is 1. The fourth-order valence-electron chi connectivity index (χ4n) is 4.83. The average Bonchev–Trinajstić information content (AvgIpc) is 3.43. The number of fused-ring (bicyclic) bond motifs is 1. The summed E-state index contributed by atoms with van der Waals surface area (Å²) >= 11 is 5.89. The van der Waals surface area contributed by atoms with Gasteiger partial charge >= 0.3 is 0 Å². The predicted molar refractivity (Wildman–Crippen MR) is 118 cm³/mol. The van der Waals surface area contributed by atoms with Crippen LogP contribution < -0.4 is 10.2 Å². The Bertz CT molecular complexity index is 977. The van der Waals surface area contributed by atoms with Crippen LogP contribution in [0.3, 0.4) is 0 Å². The Kier molecular flexibility index (Phi) is 5.04. The summed E-state index contributed by atoms with van der Waals surface area (Å²) < 4.78 is 0. The Balaban J connectivity index is 1.07. The first kappa shape index (κ1) is 18.7. The molecule has 1 aliphatic carbocycles. The normalized spacial score (nSPS) is 22.2. The monoisotopic (exact) mass is 410 g/mol. The van der Waals surface area contributed by atoms with Gasteiger partial charge in [-0.25, -0.2) is 9.97 Å². The molecule has 3 heterocycles. The van der Waals surface area contributed by atoms with Crippen LogP contribution in [0.1, 0.15) is 31.4 Å². The summed E-state index contributed by atoms with van der Waals surface area (Å²) in [5.74, 6) is 3.46. The van der Waals surface area contributed by atoms with Crippen LogP contribution in [-0.4, -0.2) is 39.8 Å². The van der Waals surface area contributed by atoms with Gasteiger partial charge in [-0.1, -0.05) is 11.6 Å². The third-order valence-corrected chi connectivity index (χ3v) is 6.80. The van der Waals surface area contributed by atoms with Crippen molar-refractivity contribution in [2.24, 2.45) is 17.8 Å². The van der Waals surface area contributed by atoms with Crippen LogP contribution in [0.5, 0.6) is 0 Å². The zero-order valence-corrected chi connectivity index (χ0v) is 17.5. The molecule has 2 atom stereocenters. The Labute approximate surface area is 176 Å². The van der Waals surface area contributed by atoms with Gasteiger partial charge in [0.15, 0.2) is 0 Å². The first-order valence-corrected chi connectivity index (χ1v) is 11.0. The predicted octanol–water partition coefficient (Wildman–Crippen LogP) is 4.67. The standard InChI is InChI=1S/C22H27ClN6/c1-14-19-11-18(2-3-21(19)28-27-14)24-7-4-16-10-20(16)15-5-8-29(9-6-15)22-25-12-17(23)13-26-22/h2-3,11-13,15-16,20,24H,4-10H2,1H3,(H,27,28)/t16-,20?/m1/s1. The number of piperidine rings is 1. The first-order valence-electron chi connectivity index (χ1n) is 10.6. The number of hydrogen-bond acceptors (Lipinski definition) is 5. The highest BCUT2D eigenvalue weighted by atomic mass is 35.5. The SMILES string of the molecule is Cc1n[nH]c2ccc(NCC[C@@H]3CC3C3CCN(c4ncc(Cl)cn4)CC3)cc12. The van der Waals surface area contributed by atoms with Gasteiger partial charge in [0.25, 0.3) is 0 Å². The number of aromatic amines is 1. The zero-order valence-electron chi connectivity index (χ0n) is 16.7. The Morgan fingerprint density at radius 2 is 2.00 bits per heavy atom. The van der Waals surface area contributed by atoms with Gasteiger partial charge in [-0.2, -0.15) is 5.10 Å². The molecule has 2 aliphatic rings. The van der Waals surface area contributed by atoms with E-state index < -0.39 is 0 Å². The molecule has 5 rings (SSSR count). The molecule has 3 aromatic rings. The smallest absolute Gasteiger partial charge is 0.225 e. The number of nitrogens with zero attached hydrogens (tertiary/aromatic N) is 4. The minimum absolute atomic E-state index is 0.595. The quantitative estimate of drug-likeness (QED) is 0.618. The summed E-state index contributed by atoms with van der Waals surface area (Å²) in [5.41, 5.74) is 3.35. The minimum atomic E-state index is 0.595. The second-order valence-electron chi connectivity index (χ2n) is 8.47. The molecule has 2 fully saturated rings. The molecule has 29 heavy (non-hydrogen) atoms. The number of aromatic nitrogens is 4. The Morgan fingerprint density at radius 3 is 2.79 bits per heavy atom. The number of halogens is 1. The van der Waals surface area contributed by atoms with Gasteiger partial charge in [0, 0.05) is 30.7 Å². The molecule has 0 amide bonds. The zero-order chi connectivity index (χ0) is 19.8. The molecule has 1 saturated heterocycles. The van der Waals surface area contributed by atoms with Crippen LogP contribution in [0.4, 0.5) is 11.6 Å². The maximum absolute atomic E-state index is 5.89. The van der Waals surface area contributed by atoms with E-state index in [0.29, 0.717) is 5.02 Å². The first-order chi connectivity index (χ1) is 14.2. The second kappa shape index (κ2) is 7.82. The highest BCUT2D eigenvalue weighted by Gasteiger charge is 2.43. The van der Waals surface area contributed by atoms with Crippen LogP contribution >= 0.6 is 11.6 Å². The highest BCUT2D eigenvalue weighted by molar-refractivity contribution is 6.30. The number of nitrogens with one attached hydrogen (secondary N) is 2. The van der Waals surface area contributed by atoms with Crippen molar-refractivity contribution in [3.63, 3.8) is 0 Å². The largest absolute Gasteiger partial charge is 0.385 e. The summed E-state index contributed by atoms with van der Waals surface area (Å²) in [7, 11) is 0. The molecule has 1 unspecified atom stereocenters. The van der Waals surface area contributed by atoms with E-state index in [1.165, 1.54) is 36.8 Å². The van der Waals surface area contributed by atoms with Crippen LogP contribution in [-0.2, 0) is 0 Å². The third-order valence-electron chi connectivity index (χ3n) is 6.61. The molecule has 1 aromatic carbocycles. The molecule has 1 saturated carbocycles. The van der Waals surface area contributed by atoms with Gasteiger partial charge in [0.2, 0.25) is 5.95 Å². The lowest BCUT2D eigenvalue weighted by atomic mass is 9.90. The van der Waals surface area contributed by atoms with E-state index in [9.17, 15) is 0 Å².